The number of nitrogens with one attached hydrogen (secondary N) is 1. The molecule has 0 radical (unpaired) electrons. The van der Waals surface area contributed by atoms with Crippen LogP contribution in [0.3, 0.4) is 0 Å². The Bertz CT molecular complexity index is 354. The lowest BCUT2D eigenvalue weighted by Crippen LogP contribution is -2.28. The van der Waals surface area contributed by atoms with Crippen molar-refractivity contribution in [1.29, 1.82) is 0 Å². The van der Waals surface area contributed by atoms with Gasteiger partial charge in [0, 0.05) is 6.42 Å². The van der Waals surface area contributed by atoms with Gasteiger partial charge >= 0.3 is 0 Å². The largest absolute Gasteiger partial charge is 0.369 e. The highest BCUT2D eigenvalue weighted by Crippen LogP contribution is 2.18. The zero-order valence-electron chi connectivity index (χ0n) is 9.91. The normalized spacial score (nSPS) is 11.7. The van der Waals surface area contributed by atoms with E-state index in [1.165, 1.54) is 0 Å². The number of nitrogens with zero attached hydrogens (tertiary/aromatic N) is 2. The zero-order valence-corrected chi connectivity index (χ0v) is 9.91. The molecule has 0 spiro atoms. The molecule has 1 heterocycles. The Labute approximate surface area is 94.6 Å². The minimum absolute atomic E-state index is 0.108. The number of primary amides is 1. The van der Waals surface area contributed by atoms with E-state index in [9.17, 15) is 4.79 Å². The van der Waals surface area contributed by atoms with E-state index in [0.29, 0.717) is 18.3 Å². The summed E-state index contributed by atoms with van der Waals surface area (Å²) in [5, 5.41) is 6.66. The molecule has 1 aromatic rings. The Balaban J connectivity index is 2.42. The fourth-order valence-electron chi connectivity index (χ4n) is 1.20. The van der Waals surface area contributed by atoms with Crippen molar-refractivity contribution in [2.45, 2.75) is 33.7 Å². The summed E-state index contributed by atoms with van der Waals surface area (Å²) in [7, 11) is 0. The van der Waals surface area contributed by atoms with Crippen LogP contribution in [0.2, 0.25) is 0 Å². The highest BCUT2D eigenvalue weighted by molar-refractivity contribution is 5.75. The molecule has 1 rings (SSSR count). The first kappa shape index (κ1) is 12.6. The van der Waals surface area contributed by atoms with Crippen LogP contribution in [0.15, 0.2) is 4.52 Å². The van der Waals surface area contributed by atoms with Crippen LogP contribution >= 0.6 is 0 Å². The van der Waals surface area contributed by atoms with Crippen LogP contribution in [0.1, 0.15) is 32.5 Å². The molecule has 0 fully saturated rings. The third kappa shape index (κ3) is 4.88. The Morgan fingerprint density at radius 3 is 2.75 bits per heavy atom. The van der Waals surface area contributed by atoms with Crippen LogP contribution in [0, 0.1) is 5.41 Å². The number of hydrogen-bond donors (Lipinski definition) is 2. The molecule has 3 N–H and O–H groups in total. The van der Waals surface area contributed by atoms with E-state index in [-0.39, 0.29) is 12.0 Å². The van der Waals surface area contributed by atoms with Gasteiger partial charge in [-0.05, 0) is 5.41 Å². The number of nitrogens with two attached hydrogens (primary N) is 1. The molecule has 0 unspecified atom stereocenters. The molecule has 0 aliphatic rings. The lowest BCUT2D eigenvalue weighted by atomic mass is 9.92. The number of aromatic nitrogens is 2. The van der Waals surface area contributed by atoms with E-state index in [0.717, 1.165) is 6.42 Å². The molecule has 6 heteroatoms. The van der Waals surface area contributed by atoms with E-state index in [1.54, 1.807) is 0 Å². The van der Waals surface area contributed by atoms with Gasteiger partial charge in [0.15, 0.2) is 5.82 Å². The first-order chi connectivity index (χ1) is 7.37. The van der Waals surface area contributed by atoms with Crippen molar-refractivity contribution < 1.29 is 9.32 Å². The molecule has 1 aromatic heterocycles. The molecule has 90 valence electrons. The van der Waals surface area contributed by atoms with Crippen molar-refractivity contribution in [2.75, 3.05) is 6.54 Å². The predicted octanol–water partition coefficient (Wildman–Crippen LogP) is 0.233. The SMILES string of the molecule is CC(C)(C)Cc1noc(CNCC(N)=O)n1. The lowest BCUT2D eigenvalue weighted by molar-refractivity contribution is -0.117. The van der Waals surface area contributed by atoms with Gasteiger partial charge in [-0.3, -0.25) is 10.1 Å². The van der Waals surface area contributed by atoms with Crippen molar-refractivity contribution in [1.82, 2.24) is 15.5 Å². The molecular weight excluding hydrogens is 208 g/mol. The zero-order chi connectivity index (χ0) is 12.2. The number of hydrogen-bond acceptors (Lipinski definition) is 5. The standard InChI is InChI=1S/C10H18N4O2/c1-10(2,3)4-8-13-9(16-14-8)6-12-5-7(11)15/h12H,4-6H2,1-3H3,(H2,11,15). The van der Waals surface area contributed by atoms with E-state index in [2.05, 4.69) is 36.2 Å². The van der Waals surface area contributed by atoms with E-state index in [1.807, 2.05) is 0 Å². The van der Waals surface area contributed by atoms with Gasteiger partial charge in [0.25, 0.3) is 0 Å². The van der Waals surface area contributed by atoms with Gasteiger partial charge in [-0.1, -0.05) is 25.9 Å². The molecule has 0 aliphatic heterocycles. The maximum Gasteiger partial charge on any atom is 0.240 e. The molecule has 0 aromatic carbocycles. The second-order valence-electron chi connectivity index (χ2n) is 4.91. The Morgan fingerprint density at radius 2 is 2.19 bits per heavy atom. The molecule has 16 heavy (non-hydrogen) atoms. The van der Waals surface area contributed by atoms with Crippen LogP contribution in [0.5, 0.6) is 0 Å². The molecule has 1 amide bonds. The molecule has 0 bridgehead atoms. The van der Waals surface area contributed by atoms with E-state index >= 15 is 0 Å². The van der Waals surface area contributed by atoms with Gasteiger partial charge in [-0.2, -0.15) is 4.98 Å². The average Bonchev–Trinajstić information content (AvgIpc) is 2.48. The Kier molecular flexibility index (Phi) is 4.00. The average molecular weight is 226 g/mol. The summed E-state index contributed by atoms with van der Waals surface area (Å²) in [5.41, 5.74) is 5.10. The van der Waals surface area contributed by atoms with Gasteiger partial charge in [0.05, 0.1) is 13.1 Å². The molecule has 0 aliphatic carbocycles. The summed E-state index contributed by atoms with van der Waals surface area (Å²) in [4.78, 5) is 14.7. The van der Waals surface area contributed by atoms with Crippen LogP contribution in [-0.2, 0) is 17.8 Å². The van der Waals surface area contributed by atoms with Crippen molar-refractivity contribution >= 4 is 5.91 Å². The van der Waals surface area contributed by atoms with Gasteiger partial charge in [-0.15, -0.1) is 0 Å². The van der Waals surface area contributed by atoms with Gasteiger partial charge < -0.3 is 10.3 Å². The van der Waals surface area contributed by atoms with Crippen LogP contribution in [0.25, 0.3) is 0 Å². The van der Waals surface area contributed by atoms with Crippen molar-refractivity contribution in [2.24, 2.45) is 11.1 Å². The predicted molar refractivity (Wildman–Crippen MR) is 58.4 cm³/mol. The summed E-state index contributed by atoms with van der Waals surface area (Å²) >= 11 is 0. The maximum atomic E-state index is 10.5. The van der Waals surface area contributed by atoms with Crippen LogP contribution < -0.4 is 11.1 Å². The minimum atomic E-state index is -0.408. The maximum absolute atomic E-state index is 10.5. The van der Waals surface area contributed by atoms with Gasteiger partial charge in [0.1, 0.15) is 0 Å². The topological polar surface area (TPSA) is 94.0 Å². The van der Waals surface area contributed by atoms with E-state index < -0.39 is 5.91 Å². The summed E-state index contributed by atoms with van der Waals surface area (Å²) < 4.78 is 5.02. The summed E-state index contributed by atoms with van der Waals surface area (Å²) in [6, 6.07) is 0. The highest BCUT2D eigenvalue weighted by Gasteiger charge is 2.15. The Hall–Kier alpha value is -1.43. The monoisotopic (exact) mass is 226 g/mol. The molecular formula is C10H18N4O2. The van der Waals surface area contributed by atoms with E-state index in [4.69, 9.17) is 10.3 Å². The summed E-state index contributed by atoms with van der Waals surface area (Å²) in [6.45, 7) is 6.79. The Morgan fingerprint density at radius 1 is 1.50 bits per heavy atom. The van der Waals surface area contributed by atoms with Crippen molar-refractivity contribution in [3.05, 3.63) is 11.7 Å². The smallest absolute Gasteiger partial charge is 0.240 e. The first-order valence-electron chi connectivity index (χ1n) is 5.17. The summed E-state index contributed by atoms with van der Waals surface area (Å²) in [6.07, 6.45) is 0.756. The third-order valence-electron chi connectivity index (χ3n) is 1.77. The number of amides is 1. The van der Waals surface area contributed by atoms with Gasteiger partial charge in [0.2, 0.25) is 11.8 Å². The molecule has 6 nitrogen and oxygen atoms in total. The van der Waals surface area contributed by atoms with Crippen molar-refractivity contribution in [3.63, 3.8) is 0 Å². The van der Waals surface area contributed by atoms with Gasteiger partial charge in [-0.25, -0.2) is 0 Å². The summed E-state index contributed by atoms with van der Waals surface area (Å²) in [5.74, 6) is 0.748. The number of carbonyl (C=O) groups is 1. The van der Waals surface area contributed by atoms with Crippen LogP contribution in [-0.4, -0.2) is 22.6 Å². The second-order valence-corrected chi connectivity index (χ2v) is 4.91. The van der Waals surface area contributed by atoms with Crippen molar-refractivity contribution in [3.8, 4) is 0 Å². The third-order valence-corrected chi connectivity index (χ3v) is 1.77. The second kappa shape index (κ2) is 5.07. The number of carbonyl (C=O) groups excluding carboxylic acids is 1. The molecule has 0 atom stereocenters. The quantitative estimate of drug-likeness (QED) is 0.749. The first-order valence-corrected chi connectivity index (χ1v) is 5.17. The molecule has 0 saturated carbocycles. The van der Waals surface area contributed by atoms with Crippen LogP contribution in [0.4, 0.5) is 0 Å². The minimum Gasteiger partial charge on any atom is -0.369 e. The lowest BCUT2D eigenvalue weighted by Gasteiger charge is -2.14. The fraction of sp³-hybridized carbons (Fsp3) is 0.700. The highest BCUT2D eigenvalue weighted by atomic mass is 16.5. The number of rotatable bonds is 5. The fourth-order valence-corrected chi connectivity index (χ4v) is 1.20. The molecule has 0 saturated heterocycles.